The zero-order valence-electron chi connectivity index (χ0n) is 18.5. The van der Waals surface area contributed by atoms with E-state index < -0.39 is 0 Å². The first kappa shape index (κ1) is 19.6. The largest absolute Gasteiger partial charge is 0.455 e. The van der Waals surface area contributed by atoms with Gasteiger partial charge in [0.1, 0.15) is 11.2 Å². The van der Waals surface area contributed by atoms with Crippen LogP contribution in [0, 0.1) is 0 Å². The van der Waals surface area contributed by atoms with E-state index in [2.05, 4.69) is 112 Å². The summed E-state index contributed by atoms with van der Waals surface area (Å²) in [5, 5.41) is 2.33. The minimum absolute atomic E-state index is 0.149. The van der Waals surface area contributed by atoms with Crippen LogP contribution in [0.2, 0.25) is 0 Å². The predicted molar refractivity (Wildman–Crippen MR) is 130 cm³/mol. The molecule has 154 valence electrons. The van der Waals surface area contributed by atoms with Crippen LogP contribution in [-0.4, -0.2) is 4.98 Å². The van der Waals surface area contributed by atoms with Crippen molar-refractivity contribution < 1.29 is 4.42 Å². The number of rotatable bonds is 4. The number of nitrogens with zero attached hydrogens (tertiary/aromatic N) is 1. The summed E-state index contributed by atoms with van der Waals surface area (Å²) in [7, 11) is 0. The smallest absolute Gasteiger partial charge is 0.144 e. The number of benzene rings is 3. The highest BCUT2D eigenvalue weighted by molar-refractivity contribution is 6.11. The second-order valence-corrected chi connectivity index (χ2v) is 9.08. The van der Waals surface area contributed by atoms with Gasteiger partial charge >= 0.3 is 0 Å². The average molecular weight is 406 g/mol. The lowest BCUT2D eigenvalue weighted by Gasteiger charge is -2.27. The maximum atomic E-state index is 6.47. The van der Waals surface area contributed by atoms with Crippen LogP contribution in [0.3, 0.4) is 0 Å². The van der Waals surface area contributed by atoms with Gasteiger partial charge in [-0.3, -0.25) is 4.98 Å². The molecule has 2 heterocycles. The van der Waals surface area contributed by atoms with Gasteiger partial charge in [-0.1, -0.05) is 82.3 Å². The molecule has 0 atom stereocenters. The Hall–Kier alpha value is -3.39. The number of fused-ring (bicyclic) bond motifs is 3. The SMILES string of the molecule is CC(C)c1ccnc(-c2cccc3c2oc2cccc(C(C)(C)c4ccccc4)c23)c1. The zero-order chi connectivity index (χ0) is 21.6. The van der Waals surface area contributed by atoms with Crippen molar-refractivity contribution in [2.24, 2.45) is 0 Å². The Morgan fingerprint density at radius 2 is 1.61 bits per heavy atom. The fourth-order valence-corrected chi connectivity index (χ4v) is 4.53. The third-order valence-corrected chi connectivity index (χ3v) is 6.42. The molecule has 0 saturated heterocycles. The van der Waals surface area contributed by atoms with E-state index in [1.54, 1.807) is 0 Å². The van der Waals surface area contributed by atoms with Gasteiger partial charge in [0.2, 0.25) is 0 Å². The van der Waals surface area contributed by atoms with Gasteiger partial charge in [-0.2, -0.15) is 0 Å². The first-order valence-electron chi connectivity index (χ1n) is 10.9. The second-order valence-electron chi connectivity index (χ2n) is 9.08. The van der Waals surface area contributed by atoms with Crippen molar-refractivity contribution in [3.8, 4) is 11.3 Å². The molecular weight excluding hydrogens is 378 g/mol. The van der Waals surface area contributed by atoms with Crippen molar-refractivity contribution in [1.29, 1.82) is 0 Å². The van der Waals surface area contributed by atoms with Crippen molar-refractivity contribution in [1.82, 2.24) is 4.98 Å². The molecule has 5 rings (SSSR count). The highest BCUT2D eigenvalue weighted by atomic mass is 16.3. The molecule has 2 aromatic heterocycles. The summed E-state index contributed by atoms with van der Waals surface area (Å²) in [6.07, 6.45) is 1.90. The topological polar surface area (TPSA) is 26.0 Å². The number of para-hydroxylation sites is 1. The number of hydrogen-bond donors (Lipinski definition) is 0. The van der Waals surface area contributed by atoms with Gasteiger partial charge in [0.25, 0.3) is 0 Å². The quantitative estimate of drug-likeness (QED) is 0.302. The van der Waals surface area contributed by atoms with Crippen molar-refractivity contribution in [3.63, 3.8) is 0 Å². The van der Waals surface area contributed by atoms with Crippen molar-refractivity contribution in [2.45, 2.75) is 39.0 Å². The Balaban J connectivity index is 1.77. The molecule has 0 radical (unpaired) electrons. The molecule has 0 aliphatic carbocycles. The van der Waals surface area contributed by atoms with E-state index in [-0.39, 0.29) is 5.41 Å². The molecule has 0 aliphatic heterocycles. The second kappa shape index (κ2) is 7.39. The number of hydrogen-bond acceptors (Lipinski definition) is 2. The minimum atomic E-state index is -0.149. The molecule has 0 N–H and O–H groups in total. The molecule has 0 unspecified atom stereocenters. The summed E-state index contributed by atoms with van der Waals surface area (Å²) < 4.78 is 6.47. The van der Waals surface area contributed by atoms with Crippen molar-refractivity contribution >= 4 is 21.9 Å². The molecule has 3 aromatic carbocycles. The van der Waals surface area contributed by atoms with Crippen LogP contribution in [0.4, 0.5) is 0 Å². The molecular formula is C29H27NO. The van der Waals surface area contributed by atoms with Crippen LogP contribution < -0.4 is 0 Å². The molecule has 0 fully saturated rings. The van der Waals surface area contributed by atoms with Gasteiger partial charge in [-0.15, -0.1) is 0 Å². The Morgan fingerprint density at radius 3 is 2.39 bits per heavy atom. The van der Waals surface area contributed by atoms with Crippen LogP contribution >= 0.6 is 0 Å². The van der Waals surface area contributed by atoms with E-state index in [1.165, 1.54) is 22.1 Å². The van der Waals surface area contributed by atoms with E-state index in [0.29, 0.717) is 5.92 Å². The summed E-state index contributed by atoms with van der Waals surface area (Å²) in [4.78, 5) is 4.67. The van der Waals surface area contributed by atoms with Crippen LogP contribution in [-0.2, 0) is 5.41 Å². The van der Waals surface area contributed by atoms with Crippen LogP contribution in [0.15, 0.2) is 89.5 Å². The van der Waals surface area contributed by atoms with Gasteiger partial charge in [-0.25, -0.2) is 0 Å². The van der Waals surface area contributed by atoms with E-state index in [1.807, 2.05) is 6.20 Å². The summed E-state index contributed by atoms with van der Waals surface area (Å²) in [5.41, 5.74) is 7.52. The third-order valence-electron chi connectivity index (χ3n) is 6.42. The Kier molecular flexibility index (Phi) is 4.66. The first-order valence-corrected chi connectivity index (χ1v) is 10.9. The maximum absolute atomic E-state index is 6.47. The molecule has 0 aliphatic rings. The Morgan fingerprint density at radius 1 is 0.839 bits per heavy atom. The fraction of sp³-hybridized carbons (Fsp3) is 0.207. The Labute approximate surface area is 183 Å². The molecule has 0 saturated carbocycles. The van der Waals surface area contributed by atoms with Gasteiger partial charge < -0.3 is 4.42 Å². The molecule has 0 bridgehead atoms. The van der Waals surface area contributed by atoms with E-state index >= 15 is 0 Å². The fourth-order valence-electron chi connectivity index (χ4n) is 4.53. The van der Waals surface area contributed by atoms with Crippen LogP contribution in [0.25, 0.3) is 33.2 Å². The van der Waals surface area contributed by atoms with Gasteiger partial charge in [-0.05, 0) is 46.9 Å². The molecule has 2 nitrogen and oxygen atoms in total. The lowest BCUT2D eigenvalue weighted by Crippen LogP contribution is -2.19. The van der Waals surface area contributed by atoms with Crippen LogP contribution in [0.5, 0.6) is 0 Å². The predicted octanol–water partition coefficient (Wildman–Crippen LogP) is 8.10. The van der Waals surface area contributed by atoms with E-state index in [4.69, 9.17) is 4.42 Å². The number of furan rings is 1. The standard InChI is InChI=1S/C29H27NO/c1-19(2)20-16-17-30-25(18-20)22-12-8-13-23-27-24(14-9-15-26(27)31-28(22)23)29(3,4)21-10-6-5-7-11-21/h5-19H,1-4H3. The minimum Gasteiger partial charge on any atom is -0.455 e. The normalized spacial score (nSPS) is 12.2. The first-order chi connectivity index (χ1) is 15.0. The van der Waals surface area contributed by atoms with Gasteiger partial charge in [0, 0.05) is 27.9 Å². The molecule has 31 heavy (non-hydrogen) atoms. The average Bonchev–Trinajstić information content (AvgIpc) is 3.18. The van der Waals surface area contributed by atoms with Crippen LogP contribution in [0.1, 0.15) is 50.3 Å². The van der Waals surface area contributed by atoms with Crippen molar-refractivity contribution in [2.75, 3.05) is 0 Å². The molecule has 2 heteroatoms. The monoisotopic (exact) mass is 405 g/mol. The van der Waals surface area contributed by atoms with Crippen molar-refractivity contribution in [3.05, 3.63) is 102 Å². The third kappa shape index (κ3) is 3.23. The Bertz CT molecular complexity index is 1380. The van der Waals surface area contributed by atoms with E-state index in [0.717, 1.165) is 27.8 Å². The molecule has 5 aromatic rings. The summed E-state index contributed by atoms with van der Waals surface area (Å²) in [6, 6.07) is 27.8. The number of pyridine rings is 1. The highest BCUT2D eigenvalue weighted by Gasteiger charge is 2.27. The molecule has 0 spiro atoms. The summed E-state index contributed by atoms with van der Waals surface area (Å²) in [5.74, 6) is 0.454. The summed E-state index contributed by atoms with van der Waals surface area (Å²) >= 11 is 0. The number of aromatic nitrogens is 1. The van der Waals surface area contributed by atoms with E-state index in [9.17, 15) is 0 Å². The lowest BCUT2D eigenvalue weighted by atomic mass is 9.76. The molecule has 0 amide bonds. The summed E-state index contributed by atoms with van der Waals surface area (Å²) in [6.45, 7) is 8.98. The lowest BCUT2D eigenvalue weighted by molar-refractivity contribution is 0.642. The van der Waals surface area contributed by atoms with Gasteiger partial charge in [0.05, 0.1) is 5.69 Å². The maximum Gasteiger partial charge on any atom is 0.144 e. The zero-order valence-corrected chi connectivity index (χ0v) is 18.5. The highest BCUT2D eigenvalue weighted by Crippen LogP contribution is 2.42. The van der Waals surface area contributed by atoms with Gasteiger partial charge in [0.15, 0.2) is 0 Å².